The third kappa shape index (κ3) is 3.44. The fourth-order valence-corrected chi connectivity index (χ4v) is 1.88. The van der Waals surface area contributed by atoms with Crippen LogP contribution in [-0.2, 0) is 6.42 Å². The van der Waals surface area contributed by atoms with Gasteiger partial charge in [-0.25, -0.2) is 4.79 Å². The van der Waals surface area contributed by atoms with Gasteiger partial charge in [-0.2, -0.15) is 0 Å². The number of carboxylic acid groups (broad SMARTS) is 1. The molecule has 0 bridgehead atoms. The van der Waals surface area contributed by atoms with Crippen LogP contribution in [0.5, 0.6) is 0 Å². The van der Waals surface area contributed by atoms with Gasteiger partial charge in [0.2, 0.25) is 0 Å². The molecule has 0 saturated heterocycles. The van der Waals surface area contributed by atoms with Crippen molar-refractivity contribution in [2.24, 2.45) is 0 Å². The minimum absolute atomic E-state index is 0.316. The summed E-state index contributed by atoms with van der Waals surface area (Å²) >= 11 is 3.40. The Kier molecular flexibility index (Phi) is 4.15. The van der Waals surface area contributed by atoms with Crippen LogP contribution in [0.15, 0.2) is 53.0 Å². The Balaban J connectivity index is 1.97. The fourth-order valence-electron chi connectivity index (χ4n) is 1.62. The van der Waals surface area contributed by atoms with E-state index in [1.54, 1.807) is 12.1 Å². The minimum Gasteiger partial charge on any atom is -0.478 e. The van der Waals surface area contributed by atoms with Crippen LogP contribution in [-0.4, -0.2) is 11.1 Å². The van der Waals surface area contributed by atoms with Gasteiger partial charge in [-0.3, -0.25) is 0 Å². The largest absolute Gasteiger partial charge is 0.478 e. The molecule has 2 rings (SSSR count). The number of aromatic carboxylic acids is 1. The number of hydrogen-bond acceptors (Lipinski definition) is 1. The molecule has 1 radical (unpaired) electrons. The van der Waals surface area contributed by atoms with Gasteiger partial charge in [-0.1, -0.05) is 40.2 Å². The molecule has 3 heteroatoms. The van der Waals surface area contributed by atoms with E-state index in [0.717, 1.165) is 16.5 Å². The fraction of sp³-hybridized carbons (Fsp3) is 0.0667. The minimum atomic E-state index is -0.894. The van der Waals surface area contributed by atoms with Gasteiger partial charge in [0.1, 0.15) is 0 Å². The second-order valence-electron chi connectivity index (χ2n) is 3.96. The van der Waals surface area contributed by atoms with Gasteiger partial charge in [-0.05, 0) is 48.2 Å². The van der Waals surface area contributed by atoms with Crippen molar-refractivity contribution in [2.75, 3.05) is 0 Å². The molecule has 0 fully saturated rings. The van der Waals surface area contributed by atoms with E-state index >= 15 is 0 Å². The van der Waals surface area contributed by atoms with E-state index in [1.165, 1.54) is 5.56 Å². The van der Waals surface area contributed by atoms with Crippen LogP contribution in [0.1, 0.15) is 21.5 Å². The lowest BCUT2D eigenvalue weighted by atomic mass is 10.0. The Morgan fingerprint density at radius 1 is 1.06 bits per heavy atom. The average molecular weight is 304 g/mol. The summed E-state index contributed by atoms with van der Waals surface area (Å²) in [5.74, 6) is -0.894. The Bertz CT molecular complexity index is 529. The highest BCUT2D eigenvalue weighted by molar-refractivity contribution is 9.10. The lowest BCUT2D eigenvalue weighted by Crippen LogP contribution is -1.96. The first-order valence-corrected chi connectivity index (χ1v) is 6.35. The zero-order chi connectivity index (χ0) is 13.0. The number of carbonyl (C=O) groups is 1. The zero-order valence-electron chi connectivity index (χ0n) is 9.64. The molecule has 0 unspecified atom stereocenters. The van der Waals surface area contributed by atoms with Crippen molar-refractivity contribution in [1.82, 2.24) is 0 Å². The Hall–Kier alpha value is -1.61. The van der Waals surface area contributed by atoms with Crippen molar-refractivity contribution >= 4 is 21.9 Å². The van der Waals surface area contributed by atoms with Crippen LogP contribution >= 0.6 is 15.9 Å². The molecule has 2 aromatic carbocycles. The van der Waals surface area contributed by atoms with Gasteiger partial charge in [0.15, 0.2) is 0 Å². The summed E-state index contributed by atoms with van der Waals surface area (Å²) in [6.07, 6.45) is 2.91. The van der Waals surface area contributed by atoms with E-state index < -0.39 is 5.97 Å². The lowest BCUT2D eigenvalue weighted by Gasteiger charge is -2.03. The quantitative estimate of drug-likeness (QED) is 0.929. The molecular formula is C15H12BrO2. The van der Waals surface area contributed by atoms with Gasteiger partial charge >= 0.3 is 5.97 Å². The number of rotatable bonds is 4. The van der Waals surface area contributed by atoms with E-state index in [-0.39, 0.29) is 0 Å². The molecule has 18 heavy (non-hydrogen) atoms. The number of halogens is 1. The van der Waals surface area contributed by atoms with E-state index in [1.807, 2.05) is 24.3 Å². The van der Waals surface area contributed by atoms with Crippen LogP contribution in [0.2, 0.25) is 0 Å². The monoisotopic (exact) mass is 303 g/mol. The standard InChI is InChI=1S/C15H12BrO2/c16-14-9-5-12(6-10-14)2-1-11-3-7-13(8-4-11)15(17)18/h1,3-10H,2H2,(H,17,18). The number of benzene rings is 2. The third-order valence-corrected chi connectivity index (χ3v) is 3.17. The first-order chi connectivity index (χ1) is 8.65. The van der Waals surface area contributed by atoms with Crippen LogP contribution in [0, 0.1) is 6.42 Å². The summed E-state index contributed by atoms with van der Waals surface area (Å²) in [5.41, 5.74) is 2.57. The van der Waals surface area contributed by atoms with E-state index in [0.29, 0.717) is 5.56 Å². The molecule has 91 valence electrons. The van der Waals surface area contributed by atoms with Gasteiger partial charge in [0.25, 0.3) is 0 Å². The van der Waals surface area contributed by atoms with Gasteiger partial charge < -0.3 is 5.11 Å². The molecular weight excluding hydrogens is 292 g/mol. The molecule has 0 saturated carbocycles. The van der Waals surface area contributed by atoms with Crippen molar-refractivity contribution in [3.63, 3.8) is 0 Å². The second-order valence-corrected chi connectivity index (χ2v) is 4.88. The molecule has 0 heterocycles. The molecule has 0 aromatic heterocycles. The zero-order valence-corrected chi connectivity index (χ0v) is 11.2. The van der Waals surface area contributed by atoms with Crippen LogP contribution in [0.3, 0.4) is 0 Å². The Morgan fingerprint density at radius 2 is 1.67 bits per heavy atom. The summed E-state index contributed by atoms with van der Waals surface area (Å²) in [6.45, 7) is 0. The SMILES string of the molecule is O=C(O)c1ccc([CH]Cc2ccc(Br)cc2)cc1. The number of carboxylic acids is 1. The second kappa shape index (κ2) is 5.83. The van der Waals surface area contributed by atoms with Crippen LogP contribution in [0.25, 0.3) is 0 Å². The first kappa shape index (κ1) is 12.8. The normalized spacial score (nSPS) is 10.3. The molecule has 0 amide bonds. The van der Waals surface area contributed by atoms with Crippen molar-refractivity contribution in [1.29, 1.82) is 0 Å². The van der Waals surface area contributed by atoms with Crippen molar-refractivity contribution in [3.8, 4) is 0 Å². The average Bonchev–Trinajstić information content (AvgIpc) is 2.38. The summed E-state index contributed by atoms with van der Waals surface area (Å²) in [4.78, 5) is 10.7. The predicted molar refractivity (Wildman–Crippen MR) is 74.6 cm³/mol. The maximum Gasteiger partial charge on any atom is 0.335 e. The molecule has 0 aliphatic heterocycles. The molecule has 0 atom stereocenters. The Morgan fingerprint density at radius 3 is 2.22 bits per heavy atom. The van der Waals surface area contributed by atoms with E-state index in [2.05, 4.69) is 34.5 Å². The van der Waals surface area contributed by atoms with Gasteiger partial charge in [-0.15, -0.1) is 0 Å². The highest BCUT2D eigenvalue weighted by atomic mass is 79.9. The highest BCUT2D eigenvalue weighted by Gasteiger charge is 2.02. The third-order valence-electron chi connectivity index (χ3n) is 2.64. The van der Waals surface area contributed by atoms with Gasteiger partial charge in [0.05, 0.1) is 5.56 Å². The van der Waals surface area contributed by atoms with Crippen molar-refractivity contribution in [2.45, 2.75) is 6.42 Å². The molecule has 2 nitrogen and oxygen atoms in total. The highest BCUT2D eigenvalue weighted by Crippen LogP contribution is 2.14. The molecule has 0 aliphatic carbocycles. The van der Waals surface area contributed by atoms with Gasteiger partial charge in [0, 0.05) is 4.47 Å². The molecule has 0 spiro atoms. The van der Waals surface area contributed by atoms with Crippen LogP contribution < -0.4 is 0 Å². The first-order valence-electron chi connectivity index (χ1n) is 5.56. The maximum atomic E-state index is 10.7. The summed E-state index contributed by atoms with van der Waals surface area (Å²) in [5, 5.41) is 8.79. The van der Waals surface area contributed by atoms with Crippen molar-refractivity contribution < 1.29 is 9.90 Å². The summed E-state index contributed by atoms with van der Waals surface area (Å²) in [7, 11) is 0. The number of hydrogen-bond donors (Lipinski definition) is 1. The molecule has 1 N–H and O–H groups in total. The van der Waals surface area contributed by atoms with E-state index in [9.17, 15) is 4.79 Å². The lowest BCUT2D eigenvalue weighted by molar-refractivity contribution is 0.0697. The summed E-state index contributed by atoms with van der Waals surface area (Å²) in [6, 6.07) is 15.0. The van der Waals surface area contributed by atoms with E-state index in [4.69, 9.17) is 5.11 Å². The maximum absolute atomic E-state index is 10.7. The summed E-state index contributed by atoms with van der Waals surface area (Å²) < 4.78 is 1.07. The topological polar surface area (TPSA) is 37.3 Å². The molecule has 2 aromatic rings. The van der Waals surface area contributed by atoms with Crippen molar-refractivity contribution in [3.05, 3.63) is 76.1 Å². The Labute approximate surface area is 114 Å². The smallest absolute Gasteiger partial charge is 0.335 e. The van der Waals surface area contributed by atoms with Crippen LogP contribution in [0.4, 0.5) is 0 Å². The predicted octanol–water partition coefficient (Wildman–Crippen LogP) is 3.94. The molecule has 0 aliphatic rings.